The predicted molar refractivity (Wildman–Crippen MR) is 61.8 cm³/mol. The van der Waals surface area contributed by atoms with E-state index in [4.69, 9.17) is 0 Å². The predicted octanol–water partition coefficient (Wildman–Crippen LogP) is 2.06. The van der Waals surface area contributed by atoms with Crippen LogP contribution < -0.4 is 5.32 Å². The van der Waals surface area contributed by atoms with Gasteiger partial charge in [-0.1, -0.05) is 0 Å². The maximum absolute atomic E-state index is 3.44. The average molecular weight is 294 g/mol. The monoisotopic (exact) mass is 295 g/mol. The average Bonchev–Trinajstić information content (AvgIpc) is 2.29. The molecule has 1 nitrogen and oxygen atoms in total. The van der Waals surface area contributed by atoms with Crippen molar-refractivity contribution in [3.63, 3.8) is 0 Å². The number of rotatable bonds is 3. The van der Waals surface area contributed by atoms with Gasteiger partial charge in [-0.15, -0.1) is 0 Å². The Kier molecular flexibility index (Phi) is 4.32. The quantitative estimate of drug-likeness (QED) is 0.842. The number of hydrogen-bond donors (Lipinski definition) is 1. The van der Waals surface area contributed by atoms with Crippen molar-refractivity contribution in [1.29, 1.82) is 0 Å². The van der Waals surface area contributed by atoms with Crippen LogP contribution in [-0.2, 0) is 4.44 Å². The van der Waals surface area contributed by atoms with E-state index in [9.17, 15) is 0 Å². The minimum atomic E-state index is -0.150. The molecule has 0 amide bonds. The first-order chi connectivity index (χ1) is 6.95. The van der Waals surface area contributed by atoms with Crippen LogP contribution in [0.3, 0.4) is 0 Å². The van der Waals surface area contributed by atoms with E-state index in [1.165, 1.54) is 30.4 Å². The second-order valence-corrected chi connectivity index (χ2v) is 8.40. The van der Waals surface area contributed by atoms with Crippen LogP contribution in [0.25, 0.3) is 0 Å². The minimum absolute atomic E-state index is 0.150. The summed E-state index contributed by atoms with van der Waals surface area (Å²) in [4.78, 5) is 0. The zero-order chi connectivity index (χ0) is 9.64. The molecule has 2 radical (unpaired) electrons. The van der Waals surface area contributed by atoms with Crippen LogP contribution in [0.5, 0.6) is 0 Å². The first kappa shape index (κ1) is 10.5. The molecule has 1 heterocycles. The second kappa shape index (κ2) is 5.76. The van der Waals surface area contributed by atoms with E-state index in [1.54, 1.807) is 5.56 Å². The van der Waals surface area contributed by atoms with Crippen LogP contribution in [0.4, 0.5) is 0 Å². The molecule has 1 aliphatic rings. The van der Waals surface area contributed by atoms with Gasteiger partial charge in [0.2, 0.25) is 0 Å². The molecule has 0 aromatic heterocycles. The van der Waals surface area contributed by atoms with Crippen molar-refractivity contribution >= 4 is 21.1 Å². The van der Waals surface area contributed by atoms with Crippen LogP contribution in [0.15, 0.2) is 30.3 Å². The van der Waals surface area contributed by atoms with Gasteiger partial charge in [0, 0.05) is 0 Å². The van der Waals surface area contributed by atoms with Gasteiger partial charge >= 0.3 is 96.7 Å². The molecule has 14 heavy (non-hydrogen) atoms. The van der Waals surface area contributed by atoms with Crippen molar-refractivity contribution in [2.24, 2.45) is 0 Å². The van der Waals surface area contributed by atoms with Crippen molar-refractivity contribution in [3.05, 3.63) is 35.9 Å². The molecule has 0 unspecified atom stereocenters. The number of benzene rings is 1. The SMILES string of the molecule is c1ccc([CH2][Sn][CH]2CCNCC2)cc1. The Balaban J connectivity index is 1.76. The third-order valence-corrected chi connectivity index (χ3v) is 7.82. The molecule has 2 heteroatoms. The molecule has 1 aliphatic heterocycles. The molecule has 1 aromatic rings. The van der Waals surface area contributed by atoms with E-state index in [-0.39, 0.29) is 21.1 Å². The van der Waals surface area contributed by atoms with Gasteiger partial charge in [-0.2, -0.15) is 0 Å². The molecule has 0 atom stereocenters. The van der Waals surface area contributed by atoms with Gasteiger partial charge < -0.3 is 0 Å². The Bertz CT molecular complexity index is 254. The Morgan fingerprint density at radius 2 is 1.86 bits per heavy atom. The Morgan fingerprint density at radius 3 is 2.57 bits per heavy atom. The molecule has 1 aromatic carbocycles. The molecule has 1 N–H and O–H groups in total. The van der Waals surface area contributed by atoms with Crippen molar-refractivity contribution < 1.29 is 0 Å². The Morgan fingerprint density at radius 1 is 1.14 bits per heavy atom. The van der Waals surface area contributed by atoms with Gasteiger partial charge in [0.15, 0.2) is 0 Å². The molecular formula is C12H17NSn. The van der Waals surface area contributed by atoms with E-state index in [2.05, 4.69) is 35.6 Å². The molecule has 0 saturated carbocycles. The van der Waals surface area contributed by atoms with Crippen LogP contribution in [0.2, 0.25) is 3.93 Å². The fourth-order valence-electron chi connectivity index (χ4n) is 1.88. The van der Waals surface area contributed by atoms with Gasteiger partial charge in [0.25, 0.3) is 0 Å². The Hall–Kier alpha value is -0.0213. The van der Waals surface area contributed by atoms with Crippen LogP contribution in [0, 0.1) is 0 Å². The molecule has 74 valence electrons. The van der Waals surface area contributed by atoms with Gasteiger partial charge in [-0.3, -0.25) is 0 Å². The molecule has 0 bridgehead atoms. The first-order valence-corrected chi connectivity index (χ1v) is 9.10. The summed E-state index contributed by atoms with van der Waals surface area (Å²) < 4.78 is 2.55. The standard InChI is InChI=1S/C7H7.C5H10N.Sn/c1-7-5-3-2-4-6-7;1-2-4-6-5-3-1;/h2-6H,1H2;1,6H,2-5H2;. The fraction of sp³-hybridized carbons (Fsp3) is 0.500. The van der Waals surface area contributed by atoms with Gasteiger partial charge in [-0.05, 0) is 0 Å². The van der Waals surface area contributed by atoms with E-state index >= 15 is 0 Å². The van der Waals surface area contributed by atoms with Crippen LogP contribution in [0.1, 0.15) is 18.4 Å². The van der Waals surface area contributed by atoms with Gasteiger partial charge in [0.05, 0.1) is 0 Å². The van der Waals surface area contributed by atoms with E-state index in [0.717, 1.165) is 3.93 Å². The number of hydrogen-bond acceptors (Lipinski definition) is 1. The molecule has 2 rings (SSSR count). The summed E-state index contributed by atoms with van der Waals surface area (Å²) in [5.74, 6) is 0. The first-order valence-electron chi connectivity index (χ1n) is 5.43. The van der Waals surface area contributed by atoms with E-state index in [0.29, 0.717) is 0 Å². The third-order valence-electron chi connectivity index (χ3n) is 2.78. The maximum atomic E-state index is 3.44. The third kappa shape index (κ3) is 3.28. The molecule has 0 aliphatic carbocycles. The van der Waals surface area contributed by atoms with Crippen LogP contribution in [-0.4, -0.2) is 34.2 Å². The van der Waals surface area contributed by atoms with Gasteiger partial charge in [-0.25, -0.2) is 0 Å². The summed E-state index contributed by atoms with van der Waals surface area (Å²) >= 11 is -0.150. The summed E-state index contributed by atoms with van der Waals surface area (Å²) in [6.45, 7) is 2.53. The molecule has 1 saturated heterocycles. The van der Waals surface area contributed by atoms with Crippen molar-refractivity contribution in [2.75, 3.05) is 13.1 Å². The van der Waals surface area contributed by atoms with Crippen LogP contribution >= 0.6 is 0 Å². The zero-order valence-electron chi connectivity index (χ0n) is 8.50. The fourth-order valence-corrected chi connectivity index (χ4v) is 6.04. The summed E-state index contributed by atoms with van der Waals surface area (Å²) in [5.41, 5.74) is 1.57. The summed E-state index contributed by atoms with van der Waals surface area (Å²) in [6.07, 6.45) is 2.89. The zero-order valence-corrected chi connectivity index (χ0v) is 11.4. The van der Waals surface area contributed by atoms with Gasteiger partial charge in [0.1, 0.15) is 0 Å². The van der Waals surface area contributed by atoms with E-state index < -0.39 is 0 Å². The summed E-state index contributed by atoms with van der Waals surface area (Å²) in [7, 11) is 0. The number of piperidine rings is 1. The summed E-state index contributed by atoms with van der Waals surface area (Å²) in [6, 6.07) is 11.0. The van der Waals surface area contributed by atoms with Crippen molar-refractivity contribution in [3.8, 4) is 0 Å². The molecule has 0 spiro atoms. The van der Waals surface area contributed by atoms with Crippen molar-refractivity contribution in [1.82, 2.24) is 5.32 Å². The topological polar surface area (TPSA) is 12.0 Å². The molecule has 1 fully saturated rings. The normalized spacial score (nSPS) is 18.3. The number of nitrogens with one attached hydrogen (secondary N) is 1. The van der Waals surface area contributed by atoms with E-state index in [1.807, 2.05) is 0 Å². The molecular weight excluding hydrogens is 277 g/mol. The Labute approximate surface area is 96.5 Å². The summed E-state index contributed by atoms with van der Waals surface area (Å²) in [5, 5.41) is 3.44. The second-order valence-electron chi connectivity index (χ2n) is 3.89. The van der Waals surface area contributed by atoms with Crippen molar-refractivity contribution in [2.45, 2.75) is 21.2 Å².